The number of carbonyl (C=O) groups is 2. The Bertz CT molecular complexity index is 1860. The molecule has 0 saturated heterocycles. The van der Waals surface area contributed by atoms with Crippen molar-refractivity contribution < 1.29 is 18.7 Å². The van der Waals surface area contributed by atoms with Gasteiger partial charge in [-0.3, -0.25) is 4.79 Å². The van der Waals surface area contributed by atoms with Crippen LogP contribution in [0.25, 0.3) is 10.9 Å². The number of H-pyrrole nitrogens is 1. The van der Waals surface area contributed by atoms with Crippen LogP contribution in [0.3, 0.4) is 0 Å². The molecule has 4 N–H and O–H groups in total. The van der Waals surface area contributed by atoms with Gasteiger partial charge in [0.25, 0.3) is 0 Å². The highest BCUT2D eigenvalue weighted by atomic mass is 35.5. The van der Waals surface area contributed by atoms with E-state index in [0.717, 1.165) is 46.3 Å². The number of carbonyl (C=O) groups excluding carboxylic acids is 2. The number of halogens is 2. The third kappa shape index (κ3) is 7.03. The standard InChI is InChI=1S/C37H44Cl2N6O4/c1-6-20(3)31(43-36(47)48-18-23-11-9-8-10-12-23)30-14-24-13-29-27(26-15-25(38)16-28(39)33(26)41-29)17-37(24,19-40-30)35(46)42-32(21(4)7-2)34-45-44-22(5)49-34/h8-12,14-16,20-21,24,31-32,40-41H,6-7,13,17-19H2,1-5H3,(H,42,46)(H,43,47)/t20?,21?,24?,31-,32-,37+/m0/s1. The Morgan fingerprint density at radius 3 is 2.49 bits per heavy atom. The quantitative estimate of drug-likeness (QED) is 0.126. The molecule has 49 heavy (non-hydrogen) atoms. The van der Waals surface area contributed by atoms with Crippen molar-refractivity contribution in [2.45, 2.75) is 79.0 Å². The van der Waals surface area contributed by atoms with Crippen LogP contribution < -0.4 is 16.0 Å². The van der Waals surface area contributed by atoms with Crippen LogP contribution in [0.15, 0.2) is 58.7 Å². The summed E-state index contributed by atoms with van der Waals surface area (Å²) in [4.78, 5) is 31.5. The number of aryl methyl sites for hydroxylation is 1. The van der Waals surface area contributed by atoms with Gasteiger partial charge in [-0.25, -0.2) is 4.79 Å². The van der Waals surface area contributed by atoms with E-state index in [9.17, 15) is 9.59 Å². The molecule has 12 heteroatoms. The summed E-state index contributed by atoms with van der Waals surface area (Å²) in [7, 11) is 0. The van der Waals surface area contributed by atoms with Crippen molar-refractivity contribution in [3.05, 3.63) is 92.9 Å². The summed E-state index contributed by atoms with van der Waals surface area (Å²) in [6.45, 7) is 10.6. The molecule has 0 saturated carbocycles. The molecule has 1 aliphatic heterocycles. The lowest BCUT2D eigenvalue weighted by Crippen LogP contribution is -2.59. The zero-order valence-electron chi connectivity index (χ0n) is 28.5. The summed E-state index contributed by atoms with van der Waals surface area (Å²) in [5.74, 6) is 0.658. The van der Waals surface area contributed by atoms with Gasteiger partial charge in [-0.1, -0.05) is 100 Å². The first-order chi connectivity index (χ1) is 23.5. The van der Waals surface area contributed by atoms with Gasteiger partial charge in [-0.2, -0.15) is 0 Å². The Balaban J connectivity index is 1.36. The van der Waals surface area contributed by atoms with Crippen LogP contribution >= 0.6 is 23.2 Å². The number of hydrogen-bond donors (Lipinski definition) is 4. The average Bonchev–Trinajstić information content (AvgIpc) is 3.69. The lowest BCUT2D eigenvalue weighted by Gasteiger charge is -2.47. The van der Waals surface area contributed by atoms with Crippen molar-refractivity contribution in [2.24, 2.45) is 23.2 Å². The van der Waals surface area contributed by atoms with Gasteiger partial charge >= 0.3 is 6.09 Å². The summed E-state index contributed by atoms with van der Waals surface area (Å²) in [6.07, 6.45) is 4.28. The average molecular weight is 708 g/mol. The van der Waals surface area contributed by atoms with E-state index in [1.54, 1.807) is 13.0 Å². The summed E-state index contributed by atoms with van der Waals surface area (Å²) in [6, 6.07) is 12.4. The normalized spacial score (nSPS) is 21.0. The number of nitrogens with zero attached hydrogens (tertiary/aromatic N) is 2. The fourth-order valence-corrected chi connectivity index (χ4v) is 7.66. The maximum atomic E-state index is 14.8. The maximum absolute atomic E-state index is 14.8. The predicted molar refractivity (Wildman–Crippen MR) is 190 cm³/mol. The van der Waals surface area contributed by atoms with E-state index in [0.29, 0.717) is 41.2 Å². The highest BCUT2D eigenvalue weighted by Crippen LogP contribution is 2.47. The molecule has 2 aromatic carbocycles. The zero-order chi connectivity index (χ0) is 34.9. The van der Waals surface area contributed by atoms with Crippen LogP contribution in [0, 0.1) is 30.1 Å². The topological polar surface area (TPSA) is 134 Å². The van der Waals surface area contributed by atoms with Crippen molar-refractivity contribution in [1.82, 2.24) is 31.1 Å². The van der Waals surface area contributed by atoms with Gasteiger partial charge in [0, 0.05) is 41.2 Å². The van der Waals surface area contributed by atoms with Crippen LogP contribution in [0.5, 0.6) is 0 Å². The number of rotatable bonds is 11. The molecule has 6 atom stereocenters. The number of ether oxygens (including phenoxy) is 1. The third-order valence-electron chi connectivity index (χ3n) is 10.4. The molecule has 0 bridgehead atoms. The second-order valence-electron chi connectivity index (χ2n) is 13.6. The molecular formula is C37H44Cl2N6O4. The first kappa shape index (κ1) is 34.8. The molecule has 0 spiro atoms. The SMILES string of the molecule is CCC(C)[C@H](NC(=O)OCc1ccccc1)C1=CC2Cc3[nH]c4c(Cl)cc(Cl)cc4c3C[C@@]2(C(=O)N[C@H](c2nnc(C)o2)C(C)CC)CN1. The lowest BCUT2D eigenvalue weighted by molar-refractivity contribution is -0.135. The molecule has 1 aliphatic carbocycles. The second-order valence-corrected chi connectivity index (χ2v) is 14.4. The van der Waals surface area contributed by atoms with E-state index in [-0.39, 0.29) is 36.3 Å². The van der Waals surface area contributed by atoms with E-state index in [1.165, 1.54) is 0 Å². The Labute approximate surface area is 296 Å². The fraction of sp³-hybridized carbons (Fsp3) is 0.459. The van der Waals surface area contributed by atoms with E-state index >= 15 is 0 Å². The molecule has 3 unspecified atom stereocenters. The number of amides is 2. The Hall–Kier alpha value is -4.02. The number of aromatic nitrogens is 3. The molecule has 2 amide bonds. The van der Waals surface area contributed by atoms with Gasteiger partial charge in [0.2, 0.25) is 17.7 Å². The van der Waals surface area contributed by atoms with Crippen molar-refractivity contribution >= 4 is 46.1 Å². The van der Waals surface area contributed by atoms with Crippen molar-refractivity contribution in [1.29, 1.82) is 0 Å². The largest absolute Gasteiger partial charge is 0.445 e. The number of aromatic amines is 1. The van der Waals surface area contributed by atoms with Gasteiger partial charge in [-0.15, -0.1) is 10.2 Å². The van der Waals surface area contributed by atoms with E-state index in [2.05, 4.69) is 64.9 Å². The number of nitrogens with one attached hydrogen (secondary N) is 4. The van der Waals surface area contributed by atoms with Crippen molar-refractivity contribution in [2.75, 3.05) is 6.54 Å². The van der Waals surface area contributed by atoms with Gasteiger partial charge in [0.05, 0.1) is 22.0 Å². The van der Waals surface area contributed by atoms with E-state index < -0.39 is 17.6 Å². The minimum Gasteiger partial charge on any atom is -0.445 e. The minimum atomic E-state index is -0.880. The Morgan fingerprint density at radius 1 is 1.06 bits per heavy atom. The van der Waals surface area contributed by atoms with Crippen molar-refractivity contribution in [3.63, 3.8) is 0 Å². The summed E-state index contributed by atoms with van der Waals surface area (Å²) >= 11 is 13.1. The minimum absolute atomic E-state index is 0.0482. The molecule has 3 heterocycles. The lowest BCUT2D eigenvalue weighted by atomic mass is 9.62. The number of fused-ring (bicyclic) bond motifs is 4. The number of benzene rings is 2. The molecule has 2 aliphatic rings. The van der Waals surface area contributed by atoms with Gasteiger partial charge in [-0.05, 0) is 47.9 Å². The molecule has 0 fully saturated rings. The van der Waals surface area contributed by atoms with Gasteiger partial charge in [0.15, 0.2) is 0 Å². The van der Waals surface area contributed by atoms with E-state index in [1.807, 2.05) is 36.4 Å². The zero-order valence-corrected chi connectivity index (χ0v) is 30.0. The van der Waals surface area contributed by atoms with Crippen LogP contribution in [0.4, 0.5) is 4.79 Å². The predicted octanol–water partition coefficient (Wildman–Crippen LogP) is 7.60. The highest BCUT2D eigenvalue weighted by Gasteiger charge is 2.52. The van der Waals surface area contributed by atoms with Crippen molar-refractivity contribution in [3.8, 4) is 0 Å². The molecule has 0 radical (unpaired) electrons. The number of allylic oxidation sites excluding steroid dienone is 1. The fourth-order valence-electron chi connectivity index (χ4n) is 7.12. The van der Waals surface area contributed by atoms with Gasteiger partial charge in [0.1, 0.15) is 12.6 Å². The highest BCUT2D eigenvalue weighted by molar-refractivity contribution is 6.38. The number of alkyl carbamates (subject to hydrolysis) is 1. The Kier molecular flexibility index (Phi) is 10.3. The first-order valence-corrected chi connectivity index (χ1v) is 17.8. The second kappa shape index (κ2) is 14.5. The molecule has 260 valence electrons. The number of hydrogen-bond acceptors (Lipinski definition) is 7. The summed E-state index contributed by atoms with van der Waals surface area (Å²) < 4.78 is 11.5. The first-order valence-electron chi connectivity index (χ1n) is 17.0. The maximum Gasteiger partial charge on any atom is 0.408 e. The van der Waals surface area contributed by atoms with Gasteiger partial charge < -0.3 is 30.1 Å². The molecular weight excluding hydrogens is 663 g/mol. The van der Waals surface area contributed by atoms with Crippen LogP contribution in [-0.2, 0) is 29.0 Å². The monoisotopic (exact) mass is 706 g/mol. The summed E-state index contributed by atoms with van der Waals surface area (Å²) in [5, 5.41) is 20.4. The molecule has 2 aromatic heterocycles. The van der Waals surface area contributed by atoms with Crippen LogP contribution in [0.1, 0.15) is 75.2 Å². The third-order valence-corrected chi connectivity index (χ3v) is 10.9. The smallest absolute Gasteiger partial charge is 0.408 e. The van der Waals surface area contributed by atoms with Crippen LogP contribution in [-0.4, -0.2) is 39.8 Å². The van der Waals surface area contributed by atoms with E-state index in [4.69, 9.17) is 32.4 Å². The molecule has 10 nitrogen and oxygen atoms in total. The molecule has 4 aromatic rings. The van der Waals surface area contributed by atoms with Crippen LogP contribution in [0.2, 0.25) is 10.0 Å². The molecule has 6 rings (SSSR count). The summed E-state index contributed by atoms with van der Waals surface area (Å²) in [5.41, 5.74) is 3.75. The Morgan fingerprint density at radius 2 is 1.80 bits per heavy atom.